The Morgan fingerprint density at radius 1 is 1.06 bits per heavy atom. The molecule has 4 aromatic rings. The van der Waals surface area contributed by atoms with Crippen molar-refractivity contribution in [3.8, 4) is 33.7 Å². The number of oxazole rings is 1. The molecule has 34 heavy (non-hydrogen) atoms. The summed E-state index contributed by atoms with van der Waals surface area (Å²) < 4.78 is 19.4. The summed E-state index contributed by atoms with van der Waals surface area (Å²) in [6.45, 7) is 1.83. The highest BCUT2D eigenvalue weighted by Gasteiger charge is 2.22. The zero-order valence-electron chi connectivity index (χ0n) is 18.6. The first kappa shape index (κ1) is 21.6. The van der Waals surface area contributed by atoms with E-state index in [2.05, 4.69) is 28.5 Å². The molecular weight excluding hydrogens is 431 g/mol. The van der Waals surface area contributed by atoms with Crippen LogP contribution in [0.5, 0.6) is 0 Å². The van der Waals surface area contributed by atoms with Gasteiger partial charge in [0.05, 0.1) is 5.92 Å². The van der Waals surface area contributed by atoms with Gasteiger partial charge in [0.15, 0.2) is 5.76 Å². The summed E-state index contributed by atoms with van der Waals surface area (Å²) >= 11 is 0. The maximum absolute atomic E-state index is 13.3. The van der Waals surface area contributed by atoms with E-state index in [1.807, 2.05) is 36.4 Å². The van der Waals surface area contributed by atoms with Crippen LogP contribution in [-0.4, -0.2) is 22.6 Å². The van der Waals surface area contributed by atoms with E-state index in [-0.39, 0.29) is 18.4 Å². The van der Waals surface area contributed by atoms with Crippen LogP contribution in [0.1, 0.15) is 18.1 Å². The topological polar surface area (TPSA) is 75.4 Å². The van der Waals surface area contributed by atoms with Crippen molar-refractivity contribution in [3.63, 3.8) is 0 Å². The summed E-state index contributed by atoms with van der Waals surface area (Å²) in [5, 5.41) is 12.2. The number of carboxylic acid groups (broad SMARTS) is 1. The largest absolute Gasteiger partial charge is 0.481 e. The number of anilines is 1. The Labute approximate surface area is 196 Å². The molecule has 3 aromatic carbocycles. The fraction of sp³-hybridized carbons (Fsp3) is 0.143. The predicted molar refractivity (Wildman–Crippen MR) is 131 cm³/mol. The molecule has 0 bridgehead atoms. The Bertz CT molecular complexity index is 1370. The van der Waals surface area contributed by atoms with Crippen LogP contribution in [0, 0.1) is 11.7 Å². The summed E-state index contributed by atoms with van der Waals surface area (Å²) in [6.07, 6.45) is 5.09. The number of carbonyl (C=O) groups is 1. The molecule has 2 N–H and O–H groups in total. The van der Waals surface area contributed by atoms with E-state index in [9.17, 15) is 14.3 Å². The Morgan fingerprint density at radius 3 is 2.44 bits per heavy atom. The third-order valence-corrected chi connectivity index (χ3v) is 6.01. The minimum absolute atomic E-state index is 0.199. The Kier molecular flexibility index (Phi) is 5.72. The molecule has 5 nitrogen and oxygen atoms in total. The van der Waals surface area contributed by atoms with Gasteiger partial charge in [-0.2, -0.15) is 4.98 Å². The third kappa shape index (κ3) is 4.22. The zero-order valence-corrected chi connectivity index (χ0v) is 18.6. The summed E-state index contributed by atoms with van der Waals surface area (Å²) in [5.41, 5.74) is 6.69. The van der Waals surface area contributed by atoms with Gasteiger partial charge in [0, 0.05) is 17.7 Å². The maximum Gasteiger partial charge on any atom is 0.308 e. The van der Waals surface area contributed by atoms with Gasteiger partial charge < -0.3 is 14.8 Å². The number of aliphatic carboxylic acids is 1. The standard InChI is InChI=1S/C28H23FN2O3/c1-17(27(32)33)16-30-28-31-25(26(34-28)24-7-3-5-20-4-2-6-23(20)24)21-10-8-18(9-11-21)19-12-14-22(29)15-13-19/h2-3,5-15,17H,4,16H2,1H3,(H,30,31)(H,32,33). The molecule has 0 fully saturated rings. The van der Waals surface area contributed by atoms with Crippen molar-refractivity contribution < 1.29 is 18.7 Å². The van der Waals surface area contributed by atoms with Crippen LogP contribution >= 0.6 is 0 Å². The number of aromatic nitrogens is 1. The van der Waals surface area contributed by atoms with Gasteiger partial charge >= 0.3 is 5.97 Å². The van der Waals surface area contributed by atoms with Crippen molar-refractivity contribution in [2.45, 2.75) is 13.3 Å². The summed E-state index contributed by atoms with van der Waals surface area (Å²) in [5.74, 6) is -1.11. The van der Waals surface area contributed by atoms with Crippen LogP contribution in [0.15, 0.2) is 77.2 Å². The second-order valence-electron chi connectivity index (χ2n) is 8.39. The van der Waals surface area contributed by atoms with Crippen LogP contribution in [0.4, 0.5) is 10.4 Å². The molecule has 1 aliphatic rings. The number of allylic oxidation sites excluding steroid dienone is 1. The molecule has 0 amide bonds. The Morgan fingerprint density at radius 2 is 1.74 bits per heavy atom. The van der Waals surface area contributed by atoms with E-state index < -0.39 is 11.9 Å². The van der Waals surface area contributed by atoms with Crippen LogP contribution < -0.4 is 5.32 Å². The molecule has 6 heteroatoms. The summed E-state index contributed by atoms with van der Waals surface area (Å²) in [4.78, 5) is 15.9. The highest BCUT2D eigenvalue weighted by molar-refractivity contribution is 5.85. The van der Waals surface area contributed by atoms with Gasteiger partial charge in [-0.3, -0.25) is 4.79 Å². The molecule has 0 saturated carbocycles. The number of halogens is 1. The first-order valence-electron chi connectivity index (χ1n) is 11.1. The lowest BCUT2D eigenvalue weighted by molar-refractivity contribution is -0.140. The SMILES string of the molecule is CC(CNc1nc(-c2ccc(-c3ccc(F)cc3)cc2)c(-c2cccc3c2C=CC3)o1)C(=O)O. The van der Waals surface area contributed by atoms with Crippen LogP contribution in [0.2, 0.25) is 0 Å². The molecule has 1 atom stereocenters. The summed E-state index contributed by atoms with van der Waals surface area (Å²) in [7, 11) is 0. The molecule has 0 spiro atoms. The zero-order chi connectivity index (χ0) is 23.7. The number of hydrogen-bond donors (Lipinski definition) is 2. The quantitative estimate of drug-likeness (QED) is 0.333. The van der Waals surface area contributed by atoms with Gasteiger partial charge in [-0.05, 0) is 40.8 Å². The average molecular weight is 455 g/mol. The number of nitrogens with zero attached hydrogens (tertiary/aromatic N) is 1. The molecule has 1 heterocycles. The van der Waals surface area contributed by atoms with Gasteiger partial charge in [-0.25, -0.2) is 4.39 Å². The highest BCUT2D eigenvalue weighted by Crippen LogP contribution is 2.39. The second-order valence-corrected chi connectivity index (χ2v) is 8.39. The van der Waals surface area contributed by atoms with Gasteiger partial charge in [-0.1, -0.05) is 73.7 Å². The highest BCUT2D eigenvalue weighted by atomic mass is 19.1. The van der Waals surface area contributed by atoms with Crippen molar-refractivity contribution in [3.05, 3.63) is 89.8 Å². The number of fused-ring (bicyclic) bond motifs is 1. The van der Waals surface area contributed by atoms with Gasteiger partial charge in [0.2, 0.25) is 0 Å². The van der Waals surface area contributed by atoms with E-state index in [1.165, 1.54) is 17.7 Å². The second kappa shape index (κ2) is 8.98. The monoisotopic (exact) mass is 454 g/mol. The molecular formula is C28H23FN2O3. The van der Waals surface area contributed by atoms with Crippen molar-refractivity contribution in [1.29, 1.82) is 0 Å². The number of nitrogens with one attached hydrogen (secondary N) is 1. The van der Waals surface area contributed by atoms with Crippen molar-refractivity contribution in [1.82, 2.24) is 4.98 Å². The van der Waals surface area contributed by atoms with E-state index in [1.54, 1.807) is 19.1 Å². The number of carboxylic acids is 1. The molecule has 5 rings (SSSR count). The van der Waals surface area contributed by atoms with E-state index in [4.69, 9.17) is 4.42 Å². The molecule has 0 radical (unpaired) electrons. The minimum Gasteiger partial charge on any atom is -0.481 e. The fourth-order valence-corrected chi connectivity index (χ4v) is 4.05. The van der Waals surface area contributed by atoms with Crippen molar-refractivity contribution in [2.75, 3.05) is 11.9 Å². The molecule has 1 unspecified atom stereocenters. The smallest absolute Gasteiger partial charge is 0.308 e. The third-order valence-electron chi connectivity index (χ3n) is 6.01. The van der Waals surface area contributed by atoms with Gasteiger partial charge in [0.1, 0.15) is 11.5 Å². The molecule has 0 saturated heterocycles. The molecule has 1 aromatic heterocycles. The average Bonchev–Trinajstić information content (AvgIpc) is 3.50. The first-order valence-corrected chi connectivity index (χ1v) is 11.1. The maximum atomic E-state index is 13.3. The number of hydrogen-bond acceptors (Lipinski definition) is 4. The molecule has 170 valence electrons. The van der Waals surface area contributed by atoms with Crippen LogP contribution in [-0.2, 0) is 11.2 Å². The van der Waals surface area contributed by atoms with Crippen molar-refractivity contribution in [2.24, 2.45) is 5.92 Å². The Hall–Kier alpha value is -4.19. The normalized spacial score (nSPS) is 13.0. The van der Waals surface area contributed by atoms with E-state index in [0.29, 0.717) is 11.5 Å². The lowest BCUT2D eigenvalue weighted by Crippen LogP contribution is -2.19. The van der Waals surface area contributed by atoms with E-state index in [0.717, 1.165) is 34.2 Å². The van der Waals surface area contributed by atoms with Gasteiger partial charge in [-0.15, -0.1) is 0 Å². The lowest BCUT2D eigenvalue weighted by Gasteiger charge is -2.08. The minimum atomic E-state index is -0.887. The van der Waals surface area contributed by atoms with E-state index >= 15 is 0 Å². The van der Waals surface area contributed by atoms with Gasteiger partial charge in [0.25, 0.3) is 6.01 Å². The number of benzene rings is 3. The Balaban J connectivity index is 1.54. The van der Waals surface area contributed by atoms with Crippen LogP contribution in [0.25, 0.3) is 39.8 Å². The van der Waals surface area contributed by atoms with Crippen LogP contribution in [0.3, 0.4) is 0 Å². The fourth-order valence-electron chi connectivity index (χ4n) is 4.05. The predicted octanol–water partition coefficient (Wildman–Crippen LogP) is 6.52. The van der Waals surface area contributed by atoms with Crippen molar-refractivity contribution >= 4 is 18.1 Å². The summed E-state index contributed by atoms with van der Waals surface area (Å²) in [6, 6.07) is 20.6. The lowest BCUT2D eigenvalue weighted by atomic mass is 9.97. The first-order chi connectivity index (χ1) is 16.5. The number of rotatable bonds is 7. The molecule has 1 aliphatic carbocycles. The molecule has 0 aliphatic heterocycles.